The van der Waals surface area contributed by atoms with Gasteiger partial charge in [0, 0.05) is 17.6 Å². The molecule has 0 spiro atoms. The van der Waals surface area contributed by atoms with Gasteiger partial charge < -0.3 is 5.32 Å². The zero-order chi connectivity index (χ0) is 15.9. The van der Waals surface area contributed by atoms with Crippen LogP contribution in [-0.4, -0.2) is 17.4 Å². The van der Waals surface area contributed by atoms with Crippen molar-refractivity contribution >= 4 is 17.7 Å². The Labute approximate surface area is 136 Å². The Kier molecular flexibility index (Phi) is 6.01. The van der Waals surface area contributed by atoms with Crippen LogP contribution in [-0.2, 0) is 0 Å². The summed E-state index contributed by atoms with van der Waals surface area (Å²) in [5.41, 5.74) is 1.86. The lowest BCUT2D eigenvalue weighted by molar-refractivity contribution is 0.0948. The molecule has 3 nitrogen and oxygen atoms in total. The molecule has 4 heteroatoms. The van der Waals surface area contributed by atoms with Crippen molar-refractivity contribution in [2.75, 3.05) is 6.54 Å². The van der Waals surface area contributed by atoms with Crippen molar-refractivity contribution in [1.29, 1.82) is 0 Å². The van der Waals surface area contributed by atoms with Crippen LogP contribution in [0.3, 0.4) is 0 Å². The Hall–Kier alpha value is -1.81. The number of carbonyl (C=O) groups excluding carboxylic acids is 1. The van der Waals surface area contributed by atoms with Gasteiger partial charge in [-0.15, -0.1) is 0 Å². The minimum Gasteiger partial charge on any atom is -0.352 e. The lowest BCUT2D eigenvalue weighted by atomic mass is 10.1. The van der Waals surface area contributed by atoms with Crippen molar-refractivity contribution in [1.82, 2.24) is 10.3 Å². The summed E-state index contributed by atoms with van der Waals surface area (Å²) >= 11 is 1.52. The van der Waals surface area contributed by atoms with Crippen LogP contribution in [0.15, 0.2) is 52.5 Å². The van der Waals surface area contributed by atoms with Gasteiger partial charge in [-0.3, -0.25) is 4.79 Å². The first-order chi connectivity index (χ1) is 10.6. The highest BCUT2D eigenvalue weighted by atomic mass is 32.2. The van der Waals surface area contributed by atoms with Crippen molar-refractivity contribution < 1.29 is 4.79 Å². The van der Waals surface area contributed by atoms with Gasteiger partial charge in [0.15, 0.2) is 0 Å². The van der Waals surface area contributed by atoms with Crippen LogP contribution in [0.25, 0.3) is 0 Å². The Morgan fingerprint density at radius 3 is 2.64 bits per heavy atom. The molecule has 2 rings (SSSR count). The molecule has 0 atom stereocenters. The summed E-state index contributed by atoms with van der Waals surface area (Å²) in [6, 6.07) is 11.9. The van der Waals surface area contributed by atoms with Crippen molar-refractivity contribution in [2.24, 2.45) is 5.92 Å². The number of hydrogen-bond acceptors (Lipinski definition) is 3. The predicted molar refractivity (Wildman–Crippen MR) is 91.3 cm³/mol. The van der Waals surface area contributed by atoms with Crippen LogP contribution >= 0.6 is 11.8 Å². The molecule has 116 valence electrons. The second-order valence-corrected chi connectivity index (χ2v) is 6.77. The number of aromatic nitrogens is 1. The fraction of sp³-hybridized carbons (Fsp3) is 0.333. The molecule has 1 aromatic carbocycles. The Morgan fingerprint density at radius 1 is 1.23 bits per heavy atom. The highest BCUT2D eigenvalue weighted by Crippen LogP contribution is 2.28. The molecule has 22 heavy (non-hydrogen) atoms. The number of amides is 1. The topological polar surface area (TPSA) is 42.0 Å². The largest absolute Gasteiger partial charge is 0.352 e. The number of nitrogens with zero attached hydrogens (tertiary/aromatic N) is 1. The van der Waals surface area contributed by atoms with E-state index in [0.29, 0.717) is 18.0 Å². The number of aryl methyl sites for hydroxylation is 1. The smallest absolute Gasteiger partial charge is 0.254 e. The molecule has 0 aliphatic carbocycles. The van der Waals surface area contributed by atoms with E-state index in [4.69, 9.17) is 0 Å². The van der Waals surface area contributed by atoms with E-state index >= 15 is 0 Å². The maximum atomic E-state index is 12.3. The van der Waals surface area contributed by atoms with E-state index in [9.17, 15) is 4.79 Å². The quantitative estimate of drug-likeness (QED) is 0.863. The van der Waals surface area contributed by atoms with Gasteiger partial charge >= 0.3 is 0 Å². The fourth-order valence-electron chi connectivity index (χ4n) is 1.93. The summed E-state index contributed by atoms with van der Waals surface area (Å²) in [5.74, 6) is 0.527. The summed E-state index contributed by atoms with van der Waals surface area (Å²) in [7, 11) is 0. The van der Waals surface area contributed by atoms with Crippen LogP contribution in [0, 0.1) is 12.8 Å². The summed E-state index contributed by atoms with van der Waals surface area (Å²) in [4.78, 5) is 17.8. The molecule has 1 aromatic heterocycles. The Balaban J connectivity index is 2.09. The molecule has 1 N–H and O–H groups in total. The van der Waals surface area contributed by atoms with Crippen molar-refractivity contribution in [3.8, 4) is 0 Å². The summed E-state index contributed by atoms with van der Waals surface area (Å²) in [5, 5.41) is 3.72. The molecule has 0 aliphatic rings. The molecule has 1 amide bonds. The van der Waals surface area contributed by atoms with Gasteiger partial charge in [0.25, 0.3) is 5.91 Å². The summed E-state index contributed by atoms with van der Waals surface area (Å²) < 4.78 is 0. The minimum absolute atomic E-state index is 0.0524. The molecule has 0 unspecified atom stereocenters. The zero-order valence-electron chi connectivity index (χ0n) is 13.3. The number of nitrogens with one attached hydrogen (secondary N) is 1. The molecule has 1 heterocycles. The van der Waals surface area contributed by atoms with Gasteiger partial charge in [-0.25, -0.2) is 4.98 Å². The third-order valence-corrected chi connectivity index (χ3v) is 4.29. The average molecular weight is 314 g/mol. The Bertz CT molecular complexity index is 623. The summed E-state index contributed by atoms with van der Waals surface area (Å²) in [6.45, 7) is 7.05. The van der Waals surface area contributed by atoms with E-state index in [1.165, 1.54) is 17.3 Å². The number of benzene rings is 1. The number of carbonyl (C=O) groups is 1. The molecule has 0 fully saturated rings. The number of rotatable bonds is 6. The first kappa shape index (κ1) is 16.6. The van der Waals surface area contributed by atoms with Crippen LogP contribution < -0.4 is 5.32 Å². The maximum Gasteiger partial charge on any atom is 0.254 e. The van der Waals surface area contributed by atoms with Crippen LogP contribution in [0.2, 0.25) is 0 Å². The highest BCUT2D eigenvalue weighted by Gasteiger charge is 2.13. The molecule has 0 saturated heterocycles. The zero-order valence-corrected chi connectivity index (χ0v) is 14.1. The molecular formula is C18H22N2OS. The van der Waals surface area contributed by atoms with E-state index in [1.54, 1.807) is 12.3 Å². The average Bonchev–Trinajstić information content (AvgIpc) is 2.49. The lowest BCUT2D eigenvalue weighted by Gasteiger charge is -2.10. The Morgan fingerprint density at radius 2 is 1.95 bits per heavy atom. The number of hydrogen-bond donors (Lipinski definition) is 1. The molecular weight excluding hydrogens is 292 g/mol. The fourth-order valence-corrected chi connectivity index (χ4v) is 2.81. The maximum absolute atomic E-state index is 12.3. The highest BCUT2D eigenvalue weighted by molar-refractivity contribution is 7.99. The molecule has 2 aromatic rings. The first-order valence-corrected chi connectivity index (χ1v) is 8.35. The minimum atomic E-state index is -0.0524. The van der Waals surface area contributed by atoms with Gasteiger partial charge in [-0.1, -0.05) is 43.3 Å². The molecule has 0 radical (unpaired) electrons. The molecule has 0 saturated carbocycles. The lowest BCUT2D eigenvalue weighted by Crippen LogP contribution is -2.26. The monoisotopic (exact) mass is 314 g/mol. The third kappa shape index (κ3) is 4.88. The van der Waals surface area contributed by atoms with Gasteiger partial charge in [0.05, 0.1) is 5.56 Å². The SMILES string of the molecule is Cc1ccc(Sc2ncccc2C(=O)NCCC(C)C)cc1. The standard InChI is InChI=1S/C18H22N2OS/c1-13(2)10-12-19-17(21)16-5-4-11-20-18(16)22-15-8-6-14(3)7-9-15/h4-9,11,13H,10,12H2,1-3H3,(H,19,21). The van der Waals surface area contributed by atoms with Crippen molar-refractivity contribution in [3.63, 3.8) is 0 Å². The second-order valence-electron chi connectivity index (χ2n) is 5.71. The van der Waals surface area contributed by atoms with E-state index in [2.05, 4.69) is 55.3 Å². The van der Waals surface area contributed by atoms with Crippen LogP contribution in [0.4, 0.5) is 0 Å². The summed E-state index contributed by atoms with van der Waals surface area (Å²) in [6.07, 6.45) is 2.70. The van der Waals surface area contributed by atoms with Gasteiger partial charge in [0.2, 0.25) is 0 Å². The van der Waals surface area contributed by atoms with Gasteiger partial charge in [0.1, 0.15) is 5.03 Å². The molecule has 0 bridgehead atoms. The van der Waals surface area contributed by atoms with E-state index < -0.39 is 0 Å². The second kappa shape index (κ2) is 7.99. The third-order valence-electron chi connectivity index (χ3n) is 3.26. The van der Waals surface area contributed by atoms with Crippen molar-refractivity contribution in [2.45, 2.75) is 37.1 Å². The van der Waals surface area contributed by atoms with Crippen LogP contribution in [0.5, 0.6) is 0 Å². The van der Waals surface area contributed by atoms with Crippen LogP contribution in [0.1, 0.15) is 36.2 Å². The number of pyridine rings is 1. The normalized spacial score (nSPS) is 10.7. The van der Waals surface area contributed by atoms with E-state index in [0.717, 1.165) is 16.3 Å². The van der Waals surface area contributed by atoms with Gasteiger partial charge in [-0.2, -0.15) is 0 Å². The van der Waals surface area contributed by atoms with Crippen molar-refractivity contribution in [3.05, 3.63) is 53.7 Å². The van der Waals surface area contributed by atoms with E-state index in [1.807, 2.05) is 6.07 Å². The van der Waals surface area contributed by atoms with Gasteiger partial charge in [-0.05, 0) is 43.5 Å². The predicted octanol–water partition coefficient (Wildman–Crippen LogP) is 4.32. The van der Waals surface area contributed by atoms with E-state index in [-0.39, 0.29) is 5.91 Å². The first-order valence-electron chi connectivity index (χ1n) is 7.54. The molecule has 0 aliphatic heterocycles.